The minimum absolute atomic E-state index is 0.283. The van der Waals surface area contributed by atoms with Gasteiger partial charge in [-0.05, 0) is 23.6 Å². The molecule has 18 heavy (non-hydrogen) atoms. The van der Waals surface area contributed by atoms with E-state index in [1.807, 2.05) is 6.07 Å². The van der Waals surface area contributed by atoms with Crippen molar-refractivity contribution >= 4 is 17.0 Å². The first-order chi connectivity index (χ1) is 8.93. The zero-order chi connectivity index (χ0) is 11.9. The Hall–Kier alpha value is -1.65. The predicted molar refractivity (Wildman–Crippen MR) is 73.1 cm³/mol. The van der Waals surface area contributed by atoms with Gasteiger partial charge in [0.05, 0.1) is 17.4 Å². The van der Waals surface area contributed by atoms with E-state index < -0.39 is 0 Å². The SMILES string of the molecule is c1csc(C2NCCc3nc4ccccn4c32)c1. The van der Waals surface area contributed by atoms with Crippen molar-refractivity contribution in [1.29, 1.82) is 0 Å². The van der Waals surface area contributed by atoms with Crippen LogP contribution in [0.15, 0.2) is 41.9 Å². The highest BCUT2D eigenvalue weighted by Gasteiger charge is 2.26. The van der Waals surface area contributed by atoms with Crippen molar-refractivity contribution < 1.29 is 0 Å². The number of thiophene rings is 1. The zero-order valence-corrected chi connectivity index (χ0v) is 10.7. The second-order valence-corrected chi connectivity index (χ2v) is 5.50. The van der Waals surface area contributed by atoms with Crippen LogP contribution in [0.2, 0.25) is 0 Å². The van der Waals surface area contributed by atoms with Crippen LogP contribution in [0.5, 0.6) is 0 Å². The largest absolute Gasteiger partial charge is 0.304 e. The van der Waals surface area contributed by atoms with Crippen LogP contribution in [0, 0.1) is 0 Å². The smallest absolute Gasteiger partial charge is 0.137 e. The Bertz CT molecular complexity index is 684. The van der Waals surface area contributed by atoms with Gasteiger partial charge in [0.1, 0.15) is 5.65 Å². The maximum Gasteiger partial charge on any atom is 0.137 e. The van der Waals surface area contributed by atoms with E-state index in [1.54, 1.807) is 11.3 Å². The standard InChI is InChI=1S/C14H13N3S/c1-2-8-17-12(5-1)16-10-6-7-15-13(14(10)17)11-4-3-9-18-11/h1-5,8-9,13,15H,6-7H2. The summed E-state index contributed by atoms with van der Waals surface area (Å²) < 4.78 is 2.21. The van der Waals surface area contributed by atoms with Crippen molar-refractivity contribution in [1.82, 2.24) is 14.7 Å². The predicted octanol–water partition coefficient (Wildman–Crippen LogP) is 2.63. The molecule has 90 valence electrons. The molecule has 1 unspecified atom stereocenters. The Morgan fingerprint density at radius 1 is 1.28 bits per heavy atom. The van der Waals surface area contributed by atoms with Crippen LogP contribution in [-0.4, -0.2) is 15.9 Å². The van der Waals surface area contributed by atoms with E-state index in [4.69, 9.17) is 4.98 Å². The fraction of sp³-hybridized carbons (Fsp3) is 0.214. The number of hydrogen-bond donors (Lipinski definition) is 1. The third kappa shape index (κ3) is 1.43. The van der Waals surface area contributed by atoms with Gasteiger partial charge in [-0.25, -0.2) is 4.98 Å². The minimum atomic E-state index is 0.283. The number of imidazole rings is 1. The highest BCUT2D eigenvalue weighted by Crippen LogP contribution is 2.31. The second-order valence-electron chi connectivity index (χ2n) is 4.53. The molecule has 0 saturated heterocycles. The topological polar surface area (TPSA) is 29.3 Å². The number of hydrogen-bond acceptors (Lipinski definition) is 3. The van der Waals surface area contributed by atoms with Gasteiger partial charge in [-0.3, -0.25) is 0 Å². The molecule has 0 radical (unpaired) electrons. The molecule has 3 nitrogen and oxygen atoms in total. The van der Waals surface area contributed by atoms with Gasteiger partial charge in [-0.1, -0.05) is 12.1 Å². The monoisotopic (exact) mass is 255 g/mol. The van der Waals surface area contributed by atoms with Gasteiger partial charge in [-0.15, -0.1) is 11.3 Å². The number of aromatic nitrogens is 2. The number of nitrogens with zero attached hydrogens (tertiary/aromatic N) is 2. The van der Waals surface area contributed by atoms with Gasteiger partial charge in [0.2, 0.25) is 0 Å². The molecule has 4 heterocycles. The van der Waals surface area contributed by atoms with E-state index in [0.29, 0.717) is 0 Å². The molecule has 0 amide bonds. The van der Waals surface area contributed by atoms with E-state index in [9.17, 15) is 0 Å². The summed E-state index contributed by atoms with van der Waals surface area (Å²) in [6.07, 6.45) is 3.12. The van der Waals surface area contributed by atoms with Crippen LogP contribution in [0.25, 0.3) is 5.65 Å². The van der Waals surface area contributed by atoms with Gasteiger partial charge < -0.3 is 9.72 Å². The lowest BCUT2D eigenvalue weighted by Gasteiger charge is -2.23. The first kappa shape index (κ1) is 10.3. The summed E-state index contributed by atoms with van der Waals surface area (Å²) in [6, 6.07) is 10.8. The summed E-state index contributed by atoms with van der Waals surface area (Å²) in [4.78, 5) is 6.10. The normalized spacial score (nSPS) is 19.0. The van der Waals surface area contributed by atoms with E-state index >= 15 is 0 Å². The van der Waals surface area contributed by atoms with Crippen LogP contribution < -0.4 is 5.32 Å². The van der Waals surface area contributed by atoms with Crippen LogP contribution in [0.3, 0.4) is 0 Å². The number of pyridine rings is 1. The van der Waals surface area contributed by atoms with Crippen molar-refractivity contribution in [3.63, 3.8) is 0 Å². The molecule has 4 rings (SSSR count). The summed E-state index contributed by atoms with van der Waals surface area (Å²) in [5, 5.41) is 5.74. The molecule has 0 fully saturated rings. The van der Waals surface area contributed by atoms with Gasteiger partial charge >= 0.3 is 0 Å². The molecule has 3 aromatic heterocycles. The zero-order valence-electron chi connectivity index (χ0n) is 9.84. The number of fused-ring (bicyclic) bond motifs is 3. The van der Waals surface area contributed by atoms with Gasteiger partial charge in [-0.2, -0.15) is 0 Å². The molecule has 1 aliphatic heterocycles. The van der Waals surface area contributed by atoms with Gasteiger partial charge in [0, 0.05) is 24.0 Å². The average molecular weight is 255 g/mol. The fourth-order valence-corrected chi connectivity index (χ4v) is 3.48. The maximum absolute atomic E-state index is 4.74. The lowest BCUT2D eigenvalue weighted by molar-refractivity contribution is 0.554. The van der Waals surface area contributed by atoms with Crippen molar-refractivity contribution in [2.45, 2.75) is 12.5 Å². The third-order valence-electron chi connectivity index (χ3n) is 3.45. The van der Waals surface area contributed by atoms with Crippen LogP contribution >= 0.6 is 11.3 Å². The summed E-state index contributed by atoms with van der Waals surface area (Å²) in [6.45, 7) is 0.999. The summed E-state index contributed by atoms with van der Waals surface area (Å²) >= 11 is 1.80. The molecule has 3 aromatic rings. The van der Waals surface area contributed by atoms with E-state index in [-0.39, 0.29) is 6.04 Å². The minimum Gasteiger partial charge on any atom is -0.304 e. The molecule has 0 saturated carbocycles. The van der Waals surface area contributed by atoms with E-state index in [0.717, 1.165) is 18.6 Å². The quantitative estimate of drug-likeness (QED) is 0.724. The third-order valence-corrected chi connectivity index (χ3v) is 4.39. The molecule has 4 heteroatoms. The van der Waals surface area contributed by atoms with Crippen LogP contribution in [0.4, 0.5) is 0 Å². The Morgan fingerprint density at radius 3 is 3.17 bits per heavy atom. The van der Waals surface area contributed by atoms with E-state index in [2.05, 4.69) is 45.6 Å². The summed E-state index contributed by atoms with van der Waals surface area (Å²) in [5.74, 6) is 0. The summed E-state index contributed by atoms with van der Waals surface area (Å²) in [7, 11) is 0. The van der Waals surface area contributed by atoms with Crippen molar-refractivity contribution in [3.8, 4) is 0 Å². The molecule has 0 spiro atoms. The first-order valence-electron chi connectivity index (χ1n) is 6.16. The fourth-order valence-electron chi connectivity index (χ4n) is 2.68. The van der Waals surface area contributed by atoms with Gasteiger partial charge in [0.15, 0.2) is 0 Å². The highest BCUT2D eigenvalue weighted by atomic mass is 32.1. The van der Waals surface area contributed by atoms with Crippen molar-refractivity contribution in [2.24, 2.45) is 0 Å². The van der Waals surface area contributed by atoms with Crippen LogP contribution in [0.1, 0.15) is 22.3 Å². The van der Waals surface area contributed by atoms with Gasteiger partial charge in [0.25, 0.3) is 0 Å². The Morgan fingerprint density at radius 2 is 2.28 bits per heavy atom. The number of nitrogens with one attached hydrogen (secondary N) is 1. The molecule has 0 aromatic carbocycles. The second kappa shape index (κ2) is 3.93. The molecular weight excluding hydrogens is 242 g/mol. The Kier molecular flexibility index (Phi) is 2.25. The molecule has 1 atom stereocenters. The lowest BCUT2D eigenvalue weighted by atomic mass is 10.0. The van der Waals surface area contributed by atoms with E-state index in [1.165, 1.54) is 16.3 Å². The number of rotatable bonds is 1. The van der Waals surface area contributed by atoms with Crippen molar-refractivity contribution in [2.75, 3.05) is 6.54 Å². The molecule has 1 aliphatic rings. The Balaban J connectivity index is 1.97. The van der Waals surface area contributed by atoms with Crippen LogP contribution in [-0.2, 0) is 6.42 Å². The molecule has 1 N–H and O–H groups in total. The van der Waals surface area contributed by atoms with Crippen molar-refractivity contribution in [3.05, 3.63) is 58.2 Å². The molecule has 0 aliphatic carbocycles. The highest BCUT2D eigenvalue weighted by molar-refractivity contribution is 7.10. The molecular formula is C14H13N3S. The summed E-state index contributed by atoms with van der Waals surface area (Å²) in [5.41, 5.74) is 3.59. The lowest BCUT2D eigenvalue weighted by Crippen LogP contribution is -2.30. The molecule has 0 bridgehead atoms. The average Bonchev–Trinajstić information content (AvgIpc) is 3.05. The first-order valence-corrected chi connectivity index (χ1v) is 7.04. The Labute approximate surface area is 109 Å². The maximum atomic E-state index is 4.74.